The molecule has 0 unspecified atom stereocenters. The number of hydrogen-bond acceptors (Lipinski definition) is 10. The fourth-order valence-electron chi connectivity index (χ4n) is 4.39. The number of nitrogens with one attached hydrogen (secondary N) is 2. The van der Waals surface area contributed by atoms with Crippen molar-refractivity contribution in [2.24, 2.45) is 0 Å². The van der Waals surface area contributed by atoms with Gasteiger partial charge in [-0.05, 0) is 48.2 Å². The third kappa shape index (κ3) is 10.4. The predicted octanol–water partition coefficient (Wildman–Crippen LogP) is 3.95. The topological polar surface area (TPSA) is 162 Å². The normalized spacial score (nSPS) is 13.2. The number of nitrogens with zero attached hydrogens (tertiary/aromatic N) is 3. The number of pyridine rings is 2. The van der Waals surface area contributed by atoms with Gasteiger partial charge in [-0.25, -0.2) is 22.3 Å². The van der Waals surface area contributed by atoms with Crippen molar-refractivity contribution < 1.29 is 22.0 Å². The molecule has 2 heterocycles. The van der Waals surface area contributed by atoms with Gasteiger partial charge in [0.05, 0.1) is 46.7 Å². The minimum absolute atomic E-state index is 0.0258. The Labute approximate surface area is 247 Å². The van der Waals surface area contributed by atoms with E-state index in [9.17, 15) is 16.8 Å². The molecule has 0 aliphatic carbocycles. The number of rotatable bonds is 13. The standard InChI is InChI=1S/C16H19N3O2S.C14H18N2O3S/c1-2-15(18-8-7-17)12-22(20,21)11-13-9-14-5-3-4-6-16(14)19-10-13;1-2-13(16-17)10-20(18,19)9-11-7-12-5-3-4-6-14(12)15-8-11/h3-6,9-10,15,18H,2,8,11-12H2,1H3;3-8,13,16-17H,2,9-10H2,1H3/t15-;13-/m00/s1. The van der Waals surface area contributed by atoms with Crippen LogP contribution in [0.1, 0.15) is 37.8 Å². The van der Waals surface area contributed by atoms with Gasteiger partial charge in [-0.1, -0.05) is 50.2 Å². The van der Waals surface area contributed by atoms with Crippen molar-refractivity contribution in [3.63, 3.8) is 0 Å². The van der Waals surface area contributed by atoms with E-state index in [4.69, 9.17) is 10.5 Å². The fraction of sp³-hybridized carbons (Fsp3) is 0.367. The molecule has 0 fully saturated rings. The maximum atomic E-state index is 12.3. The molecule has 2 aromatic carbocycles. The summed E-state index contributed by atoms with van der Waals surface area (Å²) >= 11 is 0. The van der Waals surface area contributed by atoms with Crippen molar-refractivity contribution in [2.75, 3.05) is 18.1 Å². The summed E-state index contributed by atoms with van der Waals surface area (Å²) in [4.78, 5) is 8.55. The smallest absolute Gasteiger partial charge is 0.156 e. The molecule has 224 valence electrons. The molecule has 0 aliphatic heterocycles. The molecule has 2 aromatic heterocycles. The van der Waals surface area contributed by atoms with E-state index in [-0.39, 0.29) is 35.6 Å². The van der Waals surface area contributed by atoms with Crippen LogP contribution < -0.4 is 10.8 Å². The van der Waals surface area contributed by atoms with Gasteiger partial charge >= 0.3 is 0 Å². The van der Waals surface area contributed by atoms with E-state index >= 15 is 0 Å². The molecule has 0 aliphatic rings. The van der Waals surface area contributed by atoms with Crippen molar-refractivity contribution in [2.45, 2.75) is 50.3 Å². The number of hydroxylamine groups is 1. The summed E-state index contributed by atoms with van der Waals surface area (Å²) in [6, 6.07) is 20.2. The van der Waals surface area contributed by atoms with E-state index in [1.165, 1.54) is 0 Å². The fourth-order valence-corrected chi connectivity index (χ4v) is 7.84. The van der Waals surface area contributed by atoms with Gasteiger partial charge in [-0.2, -0.15) is 5.26 Å². The monoisotopic (exact) mass is 611 g/mol. The second-order valence-corrected chi connectivity index (χ2v) is 14.3. The second kappa shape index (κ2) is 15.7. The van der Waals surface area contributed by atoms with E-state index in [1.54, 1.807) is 12.4 Å². The number of hydrogen-bond donors (Lipinski definition) is 3. The molecule has 4 aromatic rings. The lowest BCUT2D eigenvalue weighted by Crippen LogP contribution is -2.35. The van der Waals surface area contributed by atoms with Crippen molar-refractivity contribution in [3.05, 3.63) is 84.2 Å². The number of sulfone groups is 2. The lowest BCUT2D eigenvalue weighted by Gasteiger charge is -2.15. The van der Waals surface area contributed by atoms with Crippen molar-refractivity contribution in [1.82, 2.24) is 20.8 Å². The molecule has 0 radical (unpaired) electrons. The second-order valence-electron chi connectivity index (χ2n) is 10.1. The first-order chi connectivity index (χ1) is 20.1. The first-order valence-corrected chi connectivity index (χ1v) is 17.3. The van der Waals surface area contributed by atoms with Crippen LogP contribution in [0.2, 0.25) is 0 Å². The molecule has 10 nitrogen and oxygen atoms in total. The predicted molar refractivity (Wildman–Crippen MR) is 165 cm³/mol. The van der Waals surface area contributed by atoms with Gasteiger partial charge in [0.25, 0.3) is 0 Å². The van der Waals surface area contributed by atoms with Gasteiger partial charge in [-0.15, -0.1) is 0 Å². The van der Waals surface area contributed by atoms with Crippen molar-refractivity contribution in [1.29, 1.82) is 5.26 Å². The lowest BCUT2D eigenvalue weighted by atomic mass is 10.2. The van der Waals surface area contributed by atoms with E-state index < -0.39 is 25.7 Å². The highest BCUT2D eigenvalue weighted by Crippen LogP contribution is 2.17. The van der Waals surface area contributed by atoms with Gasteiger partial charge in [0.2, 0.25) is 0 Å². The van der Waals surface area contributed by atoms with Crippen LogP contribution in [0.25, 0.3) is 21.8 Å². The molecule has 0 saturated heterocycles. The van der Waals surface area contributed by atoms with Gasteiger partial charge < -0.3 is 10.5 Å². The summed E-state index contributed by atoms with van der Waals surface area (Å²) < 4.78 is 48.8. The summed E-state index contributed by atoms with van der Waals surface area (Å²) in [6.07, 6.45) is 4.42. The largest absolute Gasteiger partial charge is 0.317 e. The van der Waals surface area contributed by atoms with Crippen LogP contribution in [0.4, 0.5) is 0 Å². The number of nitriles is 1. The van der Waals surface area contributed by atoms with E-state index in [0.29, 0.717) is 24.0 Å². The zero-order chi connectivity index (χ0) is 30.6. The number of aromatic nitrogens is 2. The zero-order valence-electron chi connectivity index (χ0n) is 23.8. The minimum atomic E-state index is -3.29. The van der Waals surface area contributed by atoms with Crippen LogP contribution in [-0.2, 0) is 31.2 Å². The Morgan fingerprint density at radius 3 is 1.67 bits per heavy atom. The Morgan fingerprint density at radius 1 is 0.786 bits per heavy atom. The highest BCUT2D eigenvalue weighted by atomic mass is 32.2. The zero-order valence-corrected chi connectivity index (χ0v) is 25.4. The van der Waals surface area contributed by atoms with Crippen LogP contribution >= 0.6 is 0 Å². The maximum absolute atomic E-state index is 12.3. The van der Waals surface area contributed by atoms with E-state index in [0.717, 1.165) is 21.8 Å². The minimum Gasteiger partial charge on any atom is -0.317 e. The van der Waals surface area contributed by atoms with Crippen LogP contribution in [-0.4, -0.2) is 62.1 Å². The van der Waals surface area contributed by atoms with Gasteiger partial charge in [0, 0.05) is 35.2 Å². The van der Waals surface area contributed by atoms with Crippen molar-refractivity contribution in [3.8, 4) is 6.07 Å². The van der Waals surface area contributed by atoms with E-state index in [1.807, 2.05) is 86.1 Å². The number of para-hydroxylation sites is 2. The van der Waals surface area contributed by atoms with Gasteiger partial charge in [-0.3, -0.25) is 9.97 Å². The third-order valence-corrected chi connectivity index (χ3v) is 9.98. The highest BCUT2D eigenvalue weighted by Gasteiger charge is 2.19. The lowest BCUT2D eigenvalue weighted by molar-refractivity contribution is 0.132. The summed E-state index contributed by atoms with van der Waals surface area (Å²) in [5.41, 5.74) is 5.08. The molecule has 42 heavy (non-hydrogen) atoms. The Morgan fingerprint density at radius 2 is 1.24 bits per heavy atom. The summed E-state index contributed by atoms with van der Waals surface area (Å²) in [7, 11) is -6.55. The van der Waals surface area contributed by atoms with Crippen molar-refractivity contribution >= 4 is 41.5 Å². The Balaban J connectivity index is 0.000000231. The molecule has 0 spiro atoms. The van der Waals surface area contributed by atoms with Crippen LogP contribution in [0.3, 0.4) is 0 Å². The summed E-state index contributed by atoms with van der Waals surface area (Å²) in [6.45, 7) is 3.88. The first-order valence-electron chi connectivity index (χ1n) is 13.7. The molecule has 0 bridgehead atoms. The molecule has 12 heteroatoms. The Kier molecular flexibility index (Phi) is 12.3. The molecule has 4 rings (SSSR count). The number of fused-ring (bicyclic) bond motifs is 2. The number of benzene rings is 2. The van der Waals surface area contributed by atoms with Crippen LogP contribution in [0, 0.1) is 11.3 Å². The maximum Gasteiger partial charge on any atom is 0.156 e. The molecule has 0 saturated carbocycles. The van der Waals surface area contributed by atoms with E-state index in [2.05, 4.69) is 15.3 Å². The van der Waals surface area contributed by atoms with Crippen LogP contribution in [0.15, 0.2) is 73.1 Å². The highest BCUT2D eigenvalue weighted by molar-refractivity contribution is 7.90. The molecular formula is C30H37N5O5S2. The Bertz CT molecular complexity index is 1720. The average molecular weight is 612 g/mol. The molecule has 2 atom stereocenters. The first kappa shape index (κ1) is 33.0. The summed E-state index contributed by atoms with van der Waals surface area (Å²) in [5, 5.41) is 22.2. The summed E-state index contributed by atoms with van der Waals surface area (Å²) in [5.74, 6) is -0.163. The van der Waals surface area contributed by atoms with Gasteiger partial charge in [0.1, 0.15) is 0 Å². The molecule has 3 N–H and O–H groups in total. The SMILES string of the molecule is CC[C@@H](CS(=O)(=O)Cc1cnc2ccccc2c1)NCC#N.CC[C@@H](CS(=O)(=O)Cc1cnc2ccccc2c1)NO. The quantitative estimate of drug-likeness (QED) is 0.149. The van der Waals surface area contributed by atoms with Gasteiger partial charge in [0.15, 0.2) is 19.7 Å². The third-order valence-electron chi connectivity index (χ3n) is 6.62. The molecular weight excluding hydrogens is 574 g/mol. The Hall–Kier alpha value is -3.47. The average Bonchev–Trinajstić information content (AvgIpc) is 2.97. The van der Waals surface area contributed by atoms with Crippen LogP contribution in [0.5, 0.6) is 0 Å². The molecule has 0 amide bonds.